The van der Waals surface area contributed by atoms with Crippen LogP contribution in [-0.4, -0.2) is 36.8 Å². The smallest absolute Gasteiger partial charge is 0.304 e. The Morgan fingerprint density at radius 2 is 1.93 bits per heavy atom. The molecule has 0 heterocycles. The highest BCUT2D eigenvalue weighted by molar-refractivity contribution is 7.90. The largest absolute Gasteiger partial charge is 0.481 e. The number of carboxylic acids is 1. The van der Waals surface area contributed by atoms with Crippen molar-refractivity contribution < 1.29 is 41.3 Å². The van der Waals surface area contributed by atoms with Crippen molar-refractivity contribution in [1.29, 1.82) is 5.26 Å². The van der Waals surface area contributed by atoms with Gasteiger partial charge in [-0.3, -0.25) is 4.79 Å². The number of fused-ring (bicyclic) bond motifs is 1. The van der Waals surface area contributed by atoms with E-state index in [-0.39, 0.29) is 11.3 Å². The Balaban J connectivity index is 2.25. The summed E-state index contributed by atoms with van der Waals surface area (Å²) in [6.45, 7) is 0. The first-order valence-electron chi connectivity index (χ1n) is 8.39. The van der Waals surface area contributed by atoms with Crippen LogP contribution in [0.25, 0.3) is 0 Å². The average Bonchev–Trinajstić information content (AvgIpc) is 2.81. The minimum Gasteiger partial charge on any atom is -0.481 e. The van der Waals surface area contributed by atoms with Crippen LogP contribution in [0.15, 0.2) is 35.2 Å². The molecule has 0 amide bonds. The van der Waals surface area contributed by atoms with Crippen LogP contribution >= 0.6 is 0 Å². The maximum Gasteiger partial charge on any atom is 0.304 e. The molecule has 7 nitrogen and oxygen atoms in total. The monoisotopic (exact) mass is 441 g/mol. The molecule has 0 aliphatic heterocycles. The minimum absolute atomic E-state index is 0.121. The second kappa shape index (κ2) is 7.30. The van der Waals surface area contributed by atoms with E-state index in [0.29, 0.717) is 0 Å². The summed E-state index contributed by atoms with van der Waals surface area (Å²) in [5.41, 5.74) is -1.28. The van der Waals surface area contributed by atoms with Gasteiger partial charge in [0.15, 0.2) is 9.84 Å². The fourth-order valence-corrected chi connectivity index (χ4v) is 4.42. The Morgan fingerprint density at radius 1 is 1.27 bits per heavy atom. The molecule has 0 radical (unpaired) electrons. The Bertz CT molecular complexity index is 1190. The number of hydrogen-bond acceptors (Lipinski definition) is 6. The lowest BCUT2D eigenvalue weighted by Gasteiger charge is -2.21. The number of aliphatic hydroxyl groups excluding tert-OH is 1. The van der Waals surface area contributed by atoms with Gasteiger partial charge in [0.2, 0.25) is 0 Å². The van der Waals surface area contributed by atoms with Crippen LogP contribution in [-0.2, 0) is 14.6 Å². The third-order valence-corrected chi connectivity index (χ3v) is 5.82. The molecule has 11 heteroatoms. The summed E-state index contributed by atoms with van der Waals surface area (Å²) in [6.07, 6.45) is -2.94. The van der Waals surface area contributed by atoms with Gasteiger partial charge in [-0.15, -0.1) is 0 Å². The molecule has 2 aromatic rings. The number of carbonyl (C=O) groups is 1. The molecule has 158 valence electrons. The zero-order valence-electron chi connectivity index (χ0n) is 15.3. The highest BCUT2D eigenvalue weighted by Crippen LogP contribution is 2.57. The van der Waals surface area contributed by atoms with Crippen molar-refractivity contribution >= 4 is 15.8 Å². The fourth-order valence-electron chi connectivity index (χ4n) is 3.45. The molecule has 2 atom stereocenters. The molecule has 3 rings (SSSR count). The summed E-state index contributed by atoms with van der Waals surface area (Å²) < 4.78 is 72.9. The van der Waals surface area contributed by atoms with Crippen molar-refractivity contribution in [2.75, 3.05) is 6.26 Å². The van der Waals surface area contributed by atoms with Gasteiger partial charge in [-0.1, -0.05) is 0 Å². The van der Waals surface area contributed by atoms with Crippen molar-refractivity contribution in [2.45, 2.75) is 29.3 Å². The van der Waals surface area contributed by atoms with Crippen LogP contribution in [0.2, 0.25) is 0 Å². The normalized spacial score (nSPS) is 19.7. The molecular weight excluding hydrogens is 427 g/mol. The number of aliphatic carboxylic acids is 1. The summed E-state index contributed by atoms with van der Waals surface area (Å²) in [6, 6.07) is 6.55. The SMILES string of the molecule is CS(=O)(=O)c1ccc(Oc2cc(F)cc(C#N)c2)c2c1[C@H](CC(=O)O)C(F)(F)[C@H]2O. The molecule has 2 aromatic carbocycles. The number of benzene rings is 2. The third-order valence-electron chi connectivity index (χ3n) is 4.66. The van der Waals surface area contributed by atoms with Gasteiger partial charge in [-0.25, -0.2) is 21.6 Å². The maximum absolute atomic E-state index is 14.8. The van der Waals surface area contributed by atoms with Crippen LogP contribution < -0.4 is 4.74 Å². The highest BCUT2D eigenvalue weighted by atomic mass is 32.2. The second-order valence-electron chi connectivity index (χ2n) is 6.78. The van der Waals surface area contributed by atoms with E-state index < -0.39 is 67.8 Å². The molecule has 1 aliphatic carbocycles. The molecular formula is C19H14F3NO6S. The number of alkyl halides is 2. The molecule has 0 unspecified atom stereocenters. The van der Waals surface area contributed by atoms with Gasteiger partial charge in [0.05, 0.1) is 28.9 Å². The van der Waals surface area contributed by atoms with Gasteiger partial charge in [0.1, 0.15) is 23.4 Å². The topological polar surface area (TPSA) is 125 Å². The van der Waals surface area contributed by atoms with E-state index >= 15 is 0 Å². The number of halogens is 3. The fraction of sp³-hybridized carbons (Fsp3) is 0.263. The van der Waals surface area contributed by atoms with Gasteiger partial charge < -0.3 is 14.9 Å². The molecule has 0 aromatic heterocycles. The van der Waals surface area contributed by atoms with E-state index in [1.165, 1.54) is 0 Å². The van der Waals surface area contributed by atoms with E-state index in [4.69, 9.17) is 15.1 Å². The maximum atomic E-state index is 14.8. The zero-order valence-corrected chi connectivity index (χ0v) is 16.1. The summed E-state index contributed by atoms with van der Waals surface area (Å²) >= 11 is 0. The Kier molecular flexibility index (Phi) is 5.26. The number of ether oxygens (including phenoxy) is 1. The van der Waals surface area contributed by atoms with Crippen LogP contribution in [0.5, 0.6) is 11.5 Å². The summed E-state index contributed by atoms with van der Waals surface area (Å²) in [5.74, 6) is -9.25. The van der Waals surface area contributed by atoms with Crippen LogP contribution in [0.1, 0.15) is 35.1 Å². The van der Waals surface area contributed by atoms with E-state index in [9.17, 15) is 31.5 Å². The molecule has 0 saturated carbocycles. The van der Waals surface area contributed by atoms with Crippen molar-refractivity contribution in [2.24, 2.45) is 0 Å². The first-order valence-corrected chi connectivity index (χ1v) is 10.3. The van der Waals surface area contributed by atoms with Gasteiger partial charge in [0, 0.05) is 17.9 Å². The number of carboxylic acid groups (broad SMARTS) is 1. The van der Waals surface area contributed by atoms with Crippen LogP contribution in [0.4, 0.5) is 13.2 Å². The first-order chi connectivity index (χ1) is 13.9. The number of nitrogens with zero attached hydrogens (tertiary/aromatic N) is 1. The zero-order chi connectivity index (χ0) is 22.4. The number of sulfone groups is 1. The molecule has 30 heavy (non-hydrogen) atoms. The number of nitriles is 1. The number of aliphatic hydroxyl groups is 1. The minimum atomic E-state index is -4.07. The van der Waals surface area contributed by atoms with E-state index in [1.807, 2.05) is 0 Å². The Labute approximate surface area is 168 Å². The van der Waals surface area contributed by atoms with Crippen LogP contribution in [0.3, 0.4) is 0 Å². The van der Waals surface area contributed by atoms with Crippen molar-refractivity contribution in [3.05, 3.63) is 52.8 Å². The summed E-state index contributed by atoms with van der Waals surface area (Å²) in [7, 11) is -4.07. The molecule has 0 fully saturated rings. The predicted octanol–water partition coefficient (Wildman–Crippen LogP) is 3.13. The average molecular weight is 441 g/mol. The standard InChI is InChI=1S/C19H14F3NO6S/c1-30(27,28)14-3-2-13(29-11-5-9(8-23)4-10(20)6-11)17-16(14)12(7-15(24)25)19(21,22)18(17)26/h2-6,12,18,26H,7H2,1H3,(H,24,25)/t12-,18-/m0/s1. The van der Waals surface area contributed by atoms with E-state index in [1.54, 1.807) is 6.07 Å². The van der Waals surface area contributed by atoms with Crippen LogP contribution in [0, 0.1) is 17.1 Å². The van der Waals surface area contributed by atoms with Gasteiger partial charge in [-0.2, -0.15) is 5.26 Å². The van der Waals surface area contributed by atoms with E-state index in [0.717, 1.165) is 36.6 Å². The lowest BCUT2D eigenvalue weighted by molar-refractivity contribution is -0.146. The van der Waals surface area contributed by atoms with E-state index in [2.05, 4.69) is 0 Å². The molecule has 0 bridgehead atoms. The molecule has 2 N–H and O–H groups in total. The first kappa shape index (κ1) is 21.6. The molecule has 0 spiro atoms. The predicted molar refractivity (Wildman–Crippen MR) is 95.6 cm³/mol. The quantitative estimate of drug-likeness (QED) is 0.730. The summed E-state index contributed by atoms with van der Waals surface area (Å²) in [5, 5.41) is 28.2. The summed E-state index contributed by atoms with van der Waals surface area (Å²) in [4.78, 5) is 10.6. The van der Waals surface area contributed by atoms with Crippen molar-refractivity contribution in [3.8, 4) is 17.6 Å². The number of hydrogen-bond donors (Lipinski definition) is 2. The Morgan fingerprint density at radius 3 is 2.50 bits per heavy atom. The second-order valence-corrected chi connectivity index (χ2v) is 8.76. The van der Waals surface area contributed by atoms with Gasteiger partial charge in [-0.05, 0) is 29.8 Å². The van der Waals surface area contributed by atoms with Gasteiger partial charge in [0.25, 0.3) is 5.92 Å². The Hall–Kier alpha value is -3.10. The lowest BCUT2D eigenvalue weighted by atomic mass is 9.95. The number of rotatable bonds is 5. The highest BCUT2D eigenvalue weighted by Gasteiger charge is 2.58. The van der Waals surface area contributed by atoms with Gasteiger partial charge >= 0.3 is 5.97 Å². The third kappa shape index (κ3) is 3.71. The lowest BCUT2D eigenvalue weighted by Crippen LogP contribution is -2.28. The molecule has 1 aliphatic rings. The molecule has 0 saturated heterocycles. The van der Waals surface area contributed by atoms with Crippen molar-refractivity contribution in [1.82, 2.24) is 0 Å². The van der Waals surface area contributed by atoms with Crippen molar-refractivity contribution in [3.63, 3.8) is 0 Å².